The number of aromatic nitrogens is 5. The molecule has 50 heavy (non-hydrogen) atoms. The number of fused-ring (bicyclic) bond motifs is 1. The summed E-state index contributed by atoms with van der Waals surface area (Å²) < 4.78 is 38.6. The molecule has 0 spiro atoms. The summed E-state index contributed by atoms with van der Waals surface area (Å²) in [5.74, 6) is -0.369. The van der Waals surface area contributed by atoms with Gasteiger partial charge in [-0.3, -0.25) is 14.7 Å². The van der Waals surface area contributed by atoms with Crippen molar-refractivity contribution in [1.82, 2.24) is 29.8 Å². The highest BCUT2D eigenvalue weighted by Crippen LogP contribution is 2.42. The lowest BCUT2D eigenvalue weighted by molar-refractivity contribution is -0.146. The van der Waals surface area contributed by atoms with Crippen molar-refractivity contribution in [3.05, 3.63) is 80.9 Å². The van der Waals surface area contributed by atoms with E-state index in [0.29, 0.717) is 67.2 Å². The summed E-state index contributed by atoms with van der Waals surface area (Å²) in [6.45, 7) is 0.514. The lowest BCUT2D eigenvalue weighted by Crippen LogP contribution is -2.36. The van der Waals surface area contributed by atoms with Crippen molar-refractivity contribution >= 4 is 67.6 Å². The second-order valence-corrected chi connectivity index (χ2v) is 13.5. The largest absolute Gasteiger partial charge is 0.480 e. The average molecular weight is 787 g/mol. The highest BCUT2D eigenvalue weighted by molar-refractivity contribution is 9.10. The van der Waals surface area contributed by atoms with Gasteiger partial charge >= 0.3 is 5.97 Å². The van der Waals surface area contributed by atoms with Crippen LogP contribution in [0.4, 0.5) is 20.3 Å². The molecule has 15 heteroatoms. The van der Waals surface area contributed by atoms with Gasteiger partial charge in [0.05, 0.1) is 53.3 Å². The molecule has 10 nitrogen and oxygen atoms in total. The minimum absolute atomic E-state index is 0.0487. The van der Waals surface area contributed by atoms with Crippen LogP contribution in [-0.2, 0) is 16.1 Å². The third-order valence-electron chi connectivity index (χ3n) is 8.79. The fraction of sp³-hybridized carbons (Fsp3) is 0.314. The summed E-state index contributed by atoms with van der Waals surface area (Å²) in [7, 11) is 5.02. The number of rotatable bonds is 10. The van der Waals surface area contributed by atoms with Crippen LogP contribution in [0, 0.1) is 5.92 Å². The van der Waals surface area contributed by atoms with Crippen LogP contribution >= 0.6 is 39.1 Å². The van der Waals surface area contributed by atoms with Crippen LogP contribution in [-0.4, -0.2) is 63.1 Å². The van der Waals surface area contributed by atoms with Crippen LogP contribution < -0.4 is 10.1 Å². The highest BCUT2D eigenvalue weighted by atomic mass is 79.9. The third kappa shape index (κ3) is 7.51. The molecule has 0 bridgehead atoms. The maximum atomic E-state index is 13.7. The fourth-order valence-corrected chi connectivity index (χ4v) is 7.10. The van der Waals surface area contributed by atoms with Crippen LogP contribution in [0.3, 0.4) is 0 Å². The van der Waals surface area contributed by atoms with Gasteiger partial charge in [0.15, 0.2) is 11.6 Å². The topological polar surface area (TPSA) is 115 Å². The number of halogens is 5. The molecule has 0 unspecified atom stereocenters. The van der Waals surface area contributed by atoms with E-state index in [4.69, 9.17) is 42.6 Å². The van der Waals surface area contributed by atoms with Crippen molar-refractivity contribution < 1.29 is 23.0 Å². The summed E-state index contributed by atoms with van der Waals surface area (Å²) in [6.07, 6.45) is 3.64. The fourth-order valence-electron chi connectivity index (χ4n) is 6.18. The molecular formula is C35H32BrCl2F2N7O3. The maximum absolute atomic E-state index is 13.7. The van der Waals surface area contributed by atoms with Crippen molar-refractivity contribution in [3.8, 4) is 28.3 Å². The first kappa shape index (κ1) is 35.8. The minimum atomic E-state index is -2.89. The summed E-state index contributed by atoms with van der Waals surface area (Å²) in [5, 5.41) is 3.75. The predicted octanol–water partition coefficient (Wildman–Crippen LogP) is 9.07. The molecular weight excluding hydrogens is 755 g/mol. The van der Waals surface area contributed by atoms with E-state index >= 15 is 0 Å². The first-order chi connectivity index (χ1) is 24.1. The van der Waals surface area contributed by atoms with Gasteiger partial charge < -0.3 is 14.8 Å². The first-order valence-electron chi connectivity index (χ1n) is 15.7. The lowest BCUT2D eigenvalue weighted by atomic mass is 9.85. The number of benzene rings is 2. The van der Waals surface area contributed by atoms with Gasteiger partial charge in [0.25, 0.3) is 6.43 Å². The van der Waals surface area contributed by atoms with Crippen LogP contribution in [0.2, 0.25) is 10.0 Å². The molecule has 1 saturated carbocycles. The molecule has 0 amide bonds. The molecule has 0 radical (unpaired) electrons. The number of carbonyl (C=O) groups excluding carboxylic acids is 1. The molecule has 0 saturated heterocycles. The number of alkyl halides is 2. The molecule has 3 heterocycles. The number of pyridine rings is 1. The number of esters is 1. The molecule has 260 valence electrons. The van der Waals surface area contributed by atoms with Gasteiger partial charge in [-0.25, -0.2) is 28.7 Å². The Bertz CT molecular complexity index is 2050. The van der Waals surface area contributed by atoms with E-state index in [1.807, 2.05) is 25.2 Å². The standard InChI is InChI=1S/C35H32BrCl2F2N7O3/c1-47(20-12-10-18(11-13-20)35(48)50-3)17-27-34(49-2)45-26(16-41-27)23-8-4-6-21(28(23)37)22-7-5-9-24(29(22)38)43-32-30-25(14-19(36)15-42-30)44-33(46-32)31(39)40/h4-9,14-16,18,20,31H,10-13,17H2,1-3H3,(H,43,44,46). The van der Waals surface area contributed by atoms with E-state index < -0.39 is 12.2 Å². The minimum Gasteiger partial charge on any atom is -0.480 e. The first-order valence-corrected chi connectivity index (χ1v) is 17.3. The summed E-state index contributed by atoms with van der Waals surface area (Å²) >= 11 is 17.3. The Labute approximate surface area is 305 Å². The van der Waals surface area contributed by atoms with E-state index in [-0.39, 0.29) is 28.2 Å². The zero-order chi connectivity index (χ0) is 35.5. The molecule has 5 aromatic rings. The van der Waals surface area contributed by atoms with Gasteiger partial charge in [0, 0.05) is 39.9 Å². The lowest BCUT2D eigenvalue weighted by Gasteiger charge is -2.33. The number of ether oxygens (including phenoxy) is 2. The van der Waals surface area contributed by atoms with Gasteiger partial charge in [-0.15, -0.1) is 0 Å². The number of hydrogen-bond donors (Lipinski definition) is 1. The average Bonchev–Trinajstić information content (AvgIpc) is 3.12. The summed E-state index contributed by atoms with van der Waals surface area (Å²) in [5.41, 5.74) is 3.96. The summed E-state index contributed by atoms with van der Waals surface area (Å²) in [4.78, 5) is 36.0. The predicted molar refractivity (Wildman–Crippen MR) is 192 cm³/mol. The van der Waals surface area contributed by atoms with Gasteiger partial charge in [-0.1, -0.05) is 53.5 Å². The van der Waals surface area contributed by atoms with Crippen molar-refractivity contribution in [2.24, 2.45) is 5.92 Å². The third-order valence-corrected chi connectivity index (χ3v) is 10.0. The maximum Gasteiger partial charge on any atom is 0.308 e. The Morgan fingerprint density at radius 3 is 2.38 bits per heavy atom. The van der Waals surface area contributed by atoms with Crippen molar-refractivity contribution in [1.29, 1.82) is 0 Å². The van der Waals surface area contributed by atoms with E-state index in [2.05, 4.69) is 41.1 Å². The molecule has 1 N–H and O–H groups in total. The molecule has 6 rings (SSSR count). The highest BCUT2D eigenvalue weighted by Gasteiger charge is 2.29. The quantitative estimate of drug-likeness (QED) is 0.138. The van der Waals surface area contributed by atoms with E-state index in [1.54, 1.807) is 37.6 Å². The Kier molecular flexibility index (Phi) is 11.1. The number of nitrogens with one attached hydrogen (secondary N) is 1. The zero-order valence-corrected chi connectivity index (χ0v) is 30.4. The number of methoxy groups -OCH3 is 2. The second-order valence-electron chi connectivity index (χ2n) is 11.9. The van der Waals surface area contributed by atoms with E-state index in [0.717, 1.165) is 25.7 Å². The van der Waals surface area contributed by atoms with Crippen LogP contribution in [0.1, 0.15) is 43.6 Å². The SMILES string of the molecule is COC(=O)C1CCC(N(C)Cc2ncc(-c3cccc(-c4cccc(Nc5nc(C(F)F)nc6cc(Br)cnc56)c4Cl)c3Cl)nc2OC)CC1. The van der Waals surface area contributed by atoms with Crippen LogP contribution in [0.25, 0.3) is 33.4 Å². The number of hydrogen-bond acceptors (Lipinski definition) is 10. The van der Waals surface area contributed by atoms with Gasteiger partial charge in [0.1, 0.15) is 11.2 Å². The normalized spacial score (nSPS) is 16.2. The molecule has 1 fully saturated rings. The Hall–Kier alpha value is -4.04. The molecule has 2 aromatic carbocycles. The van der Waals surface area contributed by atoms with Crippen LogP contribution in [0.15, 0.2) is 59.3 Å². The number of nitrogens with zero attached hydrogens (tertiary/aromatic N) is 6. The van der Waals surface area contributed by atoms with E-state index in [1.165, 1.54) is 13.3 Å². The van der Waals surface area contributed by atoms with Crippen molar-refractivity contribution in [2.45, 2.75) is 44.7 Å². The Morgan fingerprint density at radius 1 is 0.980 bits per heavy atom. The number of carbonyl (C=O) groups is 1. The monoisotopic (exact) mass is 785 g/mol. The number of anilines is 2. The smallest absolute Gasteiger partial charge is 0.308 e. The Morgan fingerprint density at radius 2 is 1.68 bits per heavy atom. The van der Waals surface area contributed by atoms with Gasteiger partial charge in [0.2, 0.25) is 5.88 Å². The molecule has 0 atom stereocenters. The van der Waals surface area contributed by atoms with E-state index in [9.17, 15) is 13.6 Å². The molecule has 0 aliphatic heterocycles. The molecule has 3 aromatic heterocycles. The van der Waals surface area contributed by atoms with Crippen LogP contribution in [0.5, 0.6) is 5.88 Å². The van der Waals surface area contributed by atoms with Crippen molar-refractivity contribution in [3.63, 3.8) is 0 Å². The molecule has 1 aliphatic rings. The molecule has 1 aliphatic carbocycles. The van der Waals surface area contributed by atoms with Gasteiger partial charge in [-0.2, -0.15) is 0 Å². The Balaban J connectivity index is 1.26. The zero-order valence-electron chi connectivity index (χ0n) is 27.3. The summed E-state index contributed by atoms with van der Waals surface area (Å²) in [6, 6.07) is 12.7. The second kappa shape index (κ2) is 15.5. The van der Waals surface area contributed by atoms with Gasteiger partial charge in [-0.05, 0) is 60.8 Å². The van der Waals surface area contributed by atoms with Crippen molar-refractivity contribution in [2.75, 3.05) is 26.6 Å².